The van der Waals surface area contributed by atoms with Gasteiger partial charge in [-0.2, -0.15) is 0 Å². The first-order valence-electron chi connectivity index (χ1n) is 6.74. The highest BCUT2D eigenvalue weighted by Gasteiger charge is 2.07. The van der Waals surface area contributed by atoms with Crippen LogP contribution in [0.1, 0.15) is 31.2 Å². The van der Waals surface area contributed by atoms with Gasteiger partial charge >= 0.3 is 0 Å². The number of rotatable bonds is 10. The maximum Gasteiger partial charge on any atom is 0.0612 e. The molecule has 0 amide bonds. The standard InChI is InChI=1S/C17H24O/c1-3-5-9-15-18-17(10-4-2)14-13-16-11-7-6-8-12-16/h3-4,6-8,11-12,17H,1-2,5,9-10,13-15H2/t17-/m0/s1. The Bertz CT molecular complexity index is 329. The van der Waals surface area contributed by atoms with Crippen molar-refractivity contribution in [2.24, 2.45) is 0 Å². The van der Waals surface area contributed by atoms with Crippen LogP contribution in [-0.4, -0.2) is 12.7 Å². The van der Waals surface area contributed by atoms with E-state index in [9.17, 15) is 0 Å². The Morgan fingerprint density at radius 2 is 1.89 bits per heavy atom. The van der Waals surface area contributed by atoms with Crippen LogP contribution in [0.15, 0.2) is 55.6 Å². The zero-order chi connectivity index (χ0) is 13.1. The monoisotopic (exact) mass is 244 g/mol. The van der Waals surface area contributed by atoms with E-state index in [1.807, 2.05) is 12.2 Å². The van der Waals surface area contributed by atoms with Crippen molar-refractivity contribution in [3.05, 3.63) is 61.2 Å². The van der Waals surface area contributed by atoms with Crippen molar-refractivity contribution < 1.29 is 4.74 Å². The van der Waals surface area contributed by atoms with Crippen LogP contribution in [0, 0.1) is 0 Å². The third-order valence-electron chi connectivity index (χ3n) is 2.93. The molecule has 1 atom stereocenters. The van der Waals surface area contributed by atoms with Crippen LogP contribution in [-0.2, 0) is 11.2 Å². The molecule has 18 heavy (non-hydrogen) atoms. The molecule has 0 aliphatic heterocycles. The molecule has 0 heterocycles. The normalized spacial score (nSPS) is 12.0. The van der Waals surface area contributed by atoms with E-state index in [0.717, 1.165) is 38.7 Å². The van der Waals surface area contributed by atoms with Gasteiger partial charge in [-0.3, -0.25) is 0 Å². The fourth-order valence-corrected chi connectivity index (χ4v) is 1.91. The Morgan fingerprint density at radius 3 is 2.56 bits per heavy atom. The predicted molar refractivity (Wildman–Crippen MR) is 78.7 cm³/mol. The van der Waals surface area contributed by atoms with Gasteiger partial charge in [-0.05, 0) is 37.7 Å². The highest BCUT2D eigenvalue weighted by atomic mass is 16.5. The molecule has 0 N–H and O–H groups in total. The van der Waals surface area contributed by atoms with Crippen molar-refractivity contribution in [3.63, 3.8) is 0 Å². The Morgan fingerprint density at radius 1 is 1.11 bits per heavy atom. The SMILES string of the molecule is C=CCCCO[C@@H](CC=C)CCc1ccccc1. The van der Waals surface area contributed by atoms with E-state index in [-0.39, 0.29) is 0 Å². The first-order valence-corrected chi connectivity index (χ1v) is 6.74. The fraction of sp³-hybridized carbons (Fsp3) is 0.412. The van der Waals surface area contributed by atoms with E-state index in [1.54, 1.807) is 0 Å². The topological polar surface area (TPSA) is 9.23 Å². The summed E-state index contributed by atoms with van der Waals surface area (Å²) in [7, 11) is 0. The second-order valence-electron chi connectivity index (χ2n) is 4.47. The largest absolute Gasteiger partial charge is 0.378 e. The molecule has 98 valence electrons. The third-order valence-corrected chi connectivity index (χ3v) is 2.93. The molecule has 1 nitrogen and oxygen atoms in total. The van der Waals surface area contributed by atoms with Crippen molar-refractivity contribution in [2.45, 2.75) is 38.2 Å². The second kappa shape index (κ2) is 9.67. The Labute approximate surface area is 111 Å². The highest BCUT2D eigenvalue weighted by molar-refractivity contribution is 5.14. The number of allylic oxidation sites excluding steroid dienone is 1. The number of hydrogen-bond acceptors (Lipinski definition) is 1. The van der Waals surface area contributed by atoms with Crippen molar-refractivity contribution in [1.29, 1.82) is 0 Å². The van der Waals surface area contributed by atoms with E-state index in [0.29, 0.717) is 6.10 Å². The summed E-state index contributed by atoms with van der Waals surface area (Å²) in [5, 5.41) is 0. The molecule has 1 aromatic carbocycles. The van der Waals surface area contributed by atoms with Gasteiger partial charge in [0.25, 0.3) is 0 Å². The van der Waals surface area contributed by atoms with Gasteiger partial charge in [0.05, 0.1) is 6.10 Å². The highest BCUT2D eigenvalue weighted by Crippen LogP contribution is 2.11. The molecular weight excluding hydrogens is 220 g/mol. The molecule has 0 radical (unpaired) electrons. The fourth-order valence-electron chi connectivity index (χ4n) is 1.91. The van der Waals surface area contributed by atoms with Gasteiger partial charge in [0.2, 0.25) is 0 Å². The summed E-state index contributed by atoms with van der Waals surface area (Å²) < 4.78 is 5.89. The van der Waals surface area contributed by atoms with Crippen LogP contribution in [0.5, 0.6) is 0 Å². The van der Waals surface area contributed by atoms with Crippen LogP contribution < -0.4 is 0 Å². The van der Waals surface area contributed by atoms with Crippen molar-refractivity contribution in [2.75, 3.05) is 6.61 Å². The minimum atomic E-state index is 0.299. The zero-order valence-corrected chi connectivity index (χ0v) is 11.2. The predicted octanol–water partition coefficient (Wildman–Crippen LogP) is 4.55. The summed E-state index contributed by atoms with van der Waals surface area (Å²) in [4.78, 5) is 0. The van der Waals surface area contributed by atoms with Crippen LogP contribution in [0.2, 0.25) is 0 Å². The van der Waals surface area contributed by atoms with Gasteiger partial charge < -0.3 is 4.74 Å². The molecule has 1 aromatic rings. The minimum Gasteiger partial charge on any atom is -0.378 e. The van der Waals surface area contributed by atoms with E-state index in [1.165, 1.54) is 5.56 Å². The van der Waals surface area contributed by atoms with Crippen LogP contribution >= 0.6 is 0 Å². The van der Waals surface area contributed by atoms with Gasteiger partial charge in [0, 0.05) is 6.61 Å². The maximum atomic E-state index is 5.89. The van der Waals surface area contributed by atoms with E-state index >= 15 is 0 Å². The van der Waals surface area contributed by atoms with Crippen LogP contribution in [0.25, 0.3) is 0 Å². The average Bonchev–Trinajstić information content (AvgIpc) is 2.42. The minimum absolute atomic E-state index is 0.299. The lowest BCUT2D eigenvalue weighted by Crippen LogP contribution is -2.14. The molecule has 0 aliphatic carbocycles. The molecule has 0 aromatic heterocycles. The Kier molecular flexibility index (Phi) is 7.90. The van der Waals surface area contributed by atoms with Gasteiger partial charge in [-0.25, -0.2) is 0 Å². The first-order chi connectivity index (χ1) is 8.86. The van der Waals surface area contributed by atoms with E-state index in [2.05, 4.69) is 43.5 Å². The number of benzene rings is 1. The van der Waals surface area contributed by atoms with Gasteiger partial charge in [-0.1, -0.05) is 42.5 Å². The lowest BCUT2D eigenvalue weighted by Gasteiger charge is -2.16. The quantitative estimate of drug-likeness (QED) is 0.433. The Hall–Kier alpha value is -1.34. The van der Waals surface area contributed by atoms with E-state index in [4.69, 9.17) is 4.74 Å². The van der Waals surface area contributed by atoms with Crippen LogP contribution in [0.3, 0.4) is 0 Å². The smallest absolute Gasteiger partial charge is 0.0612 e. The third kappa shape index (κ3) is 6.41. The Balaban J connectivity index is 2.28. The molecule has 0 fully saturated rings. The average molecular weight is 244 g/mol. The molecule has 1 rings (SSSR count). The van der Waals surface area contributed by atoms with Crippen molar-refractivity contribution in [3.8, 4) is 0 Å². The molecule has 0 aliphatic rings. The second-order valence-corrected chi connectivity index (χ2v) is 4.47. The van der Waals surface area contributed by atoms with E-state index < -0.39 is 0 Å². The number of hydrogen-bond donors (Lipinski definition) is 0. The number of ether oxygens (including phenoxy) is 1. The summed E-state index contributed by atoms with van der Waals surface area (Å²) in [6.45, 7) is 8.34. The van der Waals surface area contributed by atoms with Crippen molar-refractivity contribution in [1.82, 2.24) is 0 Å². The number of unbranched alkanes of at least 4 members (excludes halogenated alkanes) is 1. The van der Waals surface area contributed by atoms with Gasteiger partial charge in [-0.15, -0.1) is 13.2 Å². The summed E-state index contributed by atoms with van der Waals surface area (Å²) >= 11 is 0. The number of aryl methyl sites for hydroxylation is 1. The summed E-state index contributed by atoms with van der Waals surface area (Å²) in [5.41, 5.74) is 1.38. The molecule has 1 heteroatoms. The molecule has 0 bridgehead atoms. The summed E-state index contributed by atoms with van der Waals surface area (Å²) in [6.07, 6.45) is 9.33. The summed E-state index contributed by atoms with van der Waals surface area (Å²) in [6, 6.07) is 10.6. The molecule has 0 unspecified atom stereocenters. The molecule has 0 saturated carbocycles. The molecule has 0 saturated heterocycles. The van der Waals surface area contributed by atoms with Gasteiger partial charge in [0.1, 0.15) is 0 Å². The maximum absolute atomic E-state index is 5.89. The molecule has 0 spiro atoms. The van der Waals surface area contributed by atoms with Crippen LogP contribution in [0.4, 0.5) is 0 Å². The first kappa shape index (κ1) is 14.7. The van der Waals surface area contributed by atoms with Crippen molar-refractivity contribution >= 4 is 0 Å². The zero-order valence-electron chi connectivity index (χ0n) is 11.2. The lowest BCUT2D eigenvalue weighted by molar-refractivity contribution is 0.0486. The molecular formula is C17H24O. The van der Waals surface area contributed by atoms with Gasteiger partial charge in [0.15, 0.2) is 0 Å². The summed E-state index contributed by atoms with van der Waals surface area (Å²) in [5.74, 6) is 0. The lowest BCUT2D eigenvalue weighted by atomic mass is 10.0.